The van der Waals surface area contributed by atoms with Crippen LogP contribution in [-0.4, -0.2) is 5.67 Å². The standard InChI is InChI=1S/C14H23F/c1-8-13(14(6,7)15)9-11(4)12(5)10(2)3/h8-10H,1H2,2-7H3/b12-11+,13-9+. The molecule has 0 atom stereocenters. The second-order valence-electron chi connectivity index (χ2n) is 4.80. The molecule has 0 N–H and O–H groups in total. The Morgan fingerprint density at radius 3 is 2.00 bits per heavy atom. The number of hydrogen-bond acceptors (Lipinski definition) is 0. The number of hydrogen-bond donors (Lipinski definition) is 0. The third-order valence-electron chi connectivity index (χ3n) is 2.77. The van der Waals surface area contributed by atoms with Gasteiger partial charge in [-0.25, -0.2) is 4.39 Å². The molecule has 0 aromatic heterocycles. The van der Waals surface area contributed by atoms with Crippen molar-refractivity contribution in [1.29, 1.82) is 0 Å². The van der Waals surface area contributed by atoms with Crippen LogP contribution < -0.4 is 0 Å². The van der Waals surface area contributed by atoms with Crippen LogP contribution in [0.15, 0.2) is 35.5 Å². The van der Waals surface area contributed by atoms with Crippen molar-refractivity contribution in [3.8, 4) is 0 Å². The minimum atomic E-state index is -1.32. The predicted octanol–water partition coefficient (Wildman–Crippen LogP) is 4.84. The zero-order valence-electron chi connectivity index (χ0n) is 10.8. The number of rotatable bonds is 4. The Morgan fingerprint density at radius 2 is 1.73 bits per heavy atom. The highest BCUT2D eigenvalue weighted by atomic mass is 19.1. The maximum Gasteiger partial charge on any atom is 0.130 e. The monoisotopic (exact) mass is 210 g/mol. The van der Waals surface area contributed by atoms with Crippen LogP contribution in [0.3, 0.4) is 0 Å². The van der Waals surface area contributed by atoms with Crippen LogP contribution in [0, 0.1) is 5.92 Å². The summed E-state index contributed by atoms with van der Waals surface area (Å²) in [6.45, 7) is 15.1. The van der Waals surface area contributed by atoms with Gasteiger partial charge in [-0.3, -0.25) is 0 Å². The fourth-order valence-corrected chi connectivity index (χ4v) is 1.28. The van der Waals surface area contributed by atoms with Crippen molar-refractivity contribution in [2.24, 2.45) is 5.92 Å². The maximum absolute atomic E-state index is 13.7. The molecule has 0 amide bonds. The normalized spacial score (nSPS) is 15.3. The van der Waals surface area contributed by atoms with Gasteiger partial charge in [-0.05, 0) is 39.2 Å². The Labute approximate surface area is 93.6 Å². The van der Waals surface area contributed by atoms with Crippen LogP contribution in [0.25, 0.3) is 0 Å². The van der Waals surface area contributed by atoms with E-state index in [2.05, 4.69) is 27.4 Å². The van der Waals surface area contributed by atoms with Crippen LogP contribution in [0.2, 0.25) is 0 Å². The first kappa shape index (κ1) is 14.2. The summed E-state index contributed by atoms with van der Waals surface area (Å²) in [5.74, 6) is 0.495. The lowest BCUT2D eigenvalue weighted by molar-refractivity contribution is 0.274. The summed E-state index contributed by atoms with van der Waals surface area (Å²) in [6, 6.07) is 0. The summed E-state index contributed by atoms with van der Waals surface area (Å²) in [7, 11) is 0. The van der Waals surface area contributed by atoms with Gasteiger partial charge in [0.05, 0.1) is 0 Å². The van der Waals surface area contributed by atoms with Crippen molar-refractivity contribution in [1.82, 2.24) is 0 Å². The van der Waals surface area contributed by atoms with Gasteiger partial charge in [0.2, 0.25) is 0 Å². The number of allylic oxidation sites excluding steroid dienone is 5. The summed E-state index contributed by atoms with van der Waals surface area (Å²) < 4.78 is 13.7. The third kappa shape index (κ3) is 4.46. The lowest BCUT2D eigenvalue weighted by Crippen LogP contribution is -2.14. The van der Waals surface area contributed by atoms with Gasteiger partial charge in [0.1, 0.15) is 5.67 Å². The van der Waals surface area contributed by atoms with E-state index in [1.807, 2.05) is 13.0 Å². The van der Waals surface area contributed by atoms with Crippen molar-refractivity contribution < 1.29 is 4.39 Å². The lowest BCUT2D eigenvalue weighted by atomic mass is 9.94. The lowest BCUT2D eigenvalue weighted by Gasteiger charge is -2.17. The smallest absolute Gasteiger partial charge is 0.130 e. The van der Waals surface area contributed by atoms with Gasteiger partial charge in [-0.15, -0.1) is 0 Å². The SMILES string of the molecule is C=C/C(=C\C(C)=C(/C)C(C)C)C(C)(C)F. The molecule has 0 aromatic carbocycles. The molecule has 86 valence electrons. The Hall–Kier alpha value is -0.850. The Morgan fingerprint density at radius 1 is 1.27 bits per heavy atom. The van der Waals surface area contributed by atoms with Crippen LogP contribution in [0.1, 0.15) is 41.5 Å². The average molecular weight is 210 g/mol. The first-order chi connectivity index (χ1) is 6.70. The molecule has 0 unspecified atom stereocenters. The van der Waals surface area contributed by atoms with Gasteiger partial charge in [0, 0.05) is 0 Å². The quantitative estimate of drug-likeness (QED) is 0.582. The van der Waals surface area contributed by atoms with Gasteiger partial charge in [-0.2, -0.15) is 0 Å². The summed E-state index contributed by atoms with van der Waals surface area (Å²) >= 11 is 0. The van der Waals surface area contributed by atoms with E-state index < -0.39 is 5.67 Å². The van der Waals surface area contributed by atoms with Crippen LogP contribution in [0.5, 0.6) is 0 Å². The molecule has 0 fully saturated rings. The Kier molecular flexibility index (Phi) is 4.99. The molecular weight excluding hydrogens is 187 g/mol. The maximum atomic E-state index is 13.7. The van der Waals surface area contributed by atoms with Gasteiger partial charge < -0.3 is 0 Å². The van der Waals surface area contributed by atoms with Crippen LogP contribution >= 0.6 is 0 Å². The highest BCUT2D eigenvalue weighted by Crippen LogP contribution is 2.24. The first-order valence-electron chi connectivity index (χ1n) is 5.41. The number of alkyl halides is 1. The van der Waals surface area contributed by atoms with Crippen molar-refractivity contribution in [2.45, 2.75) is 47.2 Å². The van der Waals surface area contributed by atoms with E-state index in [4.69, 9.17) is 0 Å². The molecule has 0 aliphatic rings. The Balaban J connectivity index is 5.19. The molecule has 0 rings (SSSR count). The predicted molar refractivity (Wildman–Crippen MR) is 66.7 cm³/mol. The van der Waals surface area contributed by atoms with E-state index in [1.165, 1.54) is 5.57 Å². The fourth-order valence-electron chi connectivity index (χ4n) is 1.28. The first-order valence-corrected chi connectivity index (χ1v) is 5.41. The average Bonchev–Trinajstić information content (AvgIpc) is 2.10. The molecule has 0 bridgehead atoms. The topological polar surface area (TPSA) is 0 Å². The summed E-state index contributed by atoms with van der Waals surface area (Å²) in [6.07, 6.45) is 3.49. The van der Waals surface area contributed by atoms with E-state index >= 15 is 0 Å². The molecule has 1 heteroatoms. The van der Waals surface area contributed by atoms with Crippen LogP contribution in [0.4, 0.5) is 4.39 Å². The van der Waals surface area contributed by atoms with Crippen LogP contribution in [-0.2, 0) is 0 Å². The molecule has 0 aliphatic carbocycles. The minimum absolute atomic E-state index is 0.495. The van der Waals surface area contributed by atoms with E-state index in [1.54, 1.807) is 19.9 Å². The molecule has 0 nitrogen and oxygen atoms in total. The van der Waals surface area contributed by atoms with Crippen molar-refractivity contribution in [2.75, 3.05) is 0 Å². The van der Waals surface area contributed by atoms with E-state index in [9.17, 15) is 4.39 Å². The molecule has 15 heavy (non-hydrogen) atoms. The molecule has 0 aliphatic heterocycles. The molecule has 0 spiro atoms. The minimum Gasteiger partial charge on any atom is -0.239 e. The van der Waals surface area contributed by atoms with Crippen molar-refractivity contribution >= 4 is 0 Å². The third-order valence-corrected chi connectivity index (χ3v) is 2.77. The highest BCUT2D eigenvalue weighted by molar-refractivity contribution is 5.35. The molecular formula is C14H23F. The number of halogens is 1. The van der Waals surface area contributed by atoms with Gasteiger partial charge in [0.25, 0.3) is 0 Å². The van der Waals surface area contributed by atoms with E-state index in [-0.39, 0.29) is 0 Å². The molecule has 0 saturated heterocycles. The highest BCUT2D eigenvalue weighted by Gasteiger charge is 2.19. The van der Waals surface area contributed by atoms with Gasteiger partial charge in [-0.1, -0.05) is 43.7 Å². The second kappa shape index (κ2) is 5.29. The molecule has 0 heterocycles. The molecule has 0 saturated carbocycles. The second-order valence-corrected chi connectivity index (χ2v) is 4.80. The zero-order chi connectivity index (χ0) is 12.2. The van der Waals surface area contributed by atoms with E-state index in [0.717, 1.165) is 5.57 Å². The van der Waals surface area contributed by atoms with Gasteiger partial charge >= 0.3 is 0 Å². The molecule has 0 radical (unpaired) electrons. The Bertz CT molecular complexity index is 285. The summed E-state index contributed by atoms with van der Waals surface area (Å²) in [4.78, 5) is 0. The summed E-state index contributed by atoms with van der Waals surface area (Å²) in [5.41, 5.74) is 1.74. The summed E-state index contributed by atoms with van der Waals surface area (Å²) in [5, 5.41) is 0. The largest absolute Gasteiger partial charge is 0.239 e. The van der Waals surface area contributed by atoms with Gasteiger partial charge in [0.15, 0.2) is 0 Å². The molecule has 0 aromatic rings. The fraction of sp³-hybridized carbons (Fsp3) is 0.571. The zero-order valence-corrected chi connectivity index (χ0v) is 10.8. The van der Waals surface area contributed by atoms with E-state index in [0.29, 0.717) is 11.5 Å². The van der Waals surface area contributed by atoms with Crippen molar-refractivity contribution in [3.63, 3.8) is 0 Å². The van der Waals surface area contributed by atoms with Crippen molar-refractivity contribution in [3.05, 3.63) is 35.5 Å².